The number of hydrogen-bond acceptors (Lipinski definition) is 3. The Morgan fingerprint density at radius 3 is 2.42 bits per heavy atom. The average Bonchev–Trinajstić information content (AvgIpc) is 3.49. The van der Waals surface area contributed by atoms with Gasteiger partial charge >= 0.3 is 0 Å². The molecule has 0 spiro atoms. The Labute approximate surface area is 193 Å². The molecule has 6 nitrogen and oxygen atoms in total. The van der Waals surface area contributed by atoms with E-state index in [4.69, 9.17) is 0 Å². The van der Waals surface area contributed by atoms with Crippen molar-refractivity contribution in [1.29, 1.82) is 0 Å². The van der Waals surface area contributed by atoms with Crippen molar-refractivity contribution in [2.24, 2.45) is 5.92 Å². The maximum absolute atomic E-state index is 12.6. The number of imidazole rings is 1. The zero-order valence-corrected chi connectivity index (χ0v) is 18.8. The van der Waals surface area contributed by atoms with Crippen molar-refractivity contribution >= 4 is 28.5 Å². The number of rotatable bonds is 5. The fourth-order valence-electron chi connectivity index (χ4n) is 4.88. The number of nitrogens with zero attached hydrogens (tertiary/aromatic N) is 1. The number of fused-ring (bicyclic) bond motifs is 1. The minimum atomic E-state index is -0.0132. The first-order valence-electron chi connectivity index (χ1n) is 11.9. The van der Waals surface area contributed by atoms with Gasteiger partial charge in [-0.1, -0.05) is 37.1 Å². The van der Waals surface area contributed by atoms with E-state index >= 15 is 0 Å². The third-order valence-electron chi connectivity index (χ3n) is 6.92. The van der Waals surface area contributed by atoms with Gasteiger partial charge in [-0.15, -0.1) is 0 Å². The van der Waals surface area contributed by atoms with Crippen molar-refractivity contribution in [2.45, 2.75) is 57.4 Å². The van der Waals surface area contributed by atoms with Gasteiger partial charge in [0.1, 0.15) is 5.82 Å². The largest absolute Gasteiger partial charge is 0.349 e. The normalized spacial score (nSPS) is 17.4. The van der Waals surface area contributed by atoms with Crippen molar-refractivity contribution in [3.05, 3.63) is 60.2 Å². The molecule has 0 atom stereocenters. The molecule has 2 fully saturated rings. The molecule has 1 aromatic heterocycles. The summed E-state index contributed by atoms with van der Waals surface area (Å²) in [4.78, 5) is 33.1. The average molecular weight is 443 g/mol. The number of aromatic nitrogens is 2. The number of hydrogen-bond donors (Lipinski definition) is 3. The number of carbonyl (C=O) groups is 2. The van der Waals surface area contributed by atoms with Crippen molar-refractivity contribution in [3.8, 4) is 11.4 Å². The molecule has 170 valence electrons. The van der Waals surface area contributed by atoms with Crippen LogP contribution >= 0.6 is 0 Å². The molecule has 2 saturated carbocycles. The lowest BCUT2D eigenvalue weighted by Crippen LogP contribution is -2.32. The van der Waals surface area contributed by atoms with Gasteiger partial charge in [0.05, 0.1) is 11.0 Å². The Morgan fingerprint density at radius 1 is 0.970 bits per heavy atom. The van der Waals surface area contributed by atoms with E-state index in [1.54, 1.807) is 0 Å². The van der Waals surface area contributed by atoms with E-state index in [1.807, 2.05) is 42.5 Å². The fourth-order valence-corrected chi connectivity index (χ4v) is 4.88. The van der Waals surface area contributed by atoms with Crippen LogP contribution in [0.1, 0.15) is 61.7 Å². The van der Waals surface area contributed by atoms with Gasteiger partial charge < -0.3 is 15.6 Å². The number of aromatic amines is 1. The summed E-state index contributed by atoms with van der Waals surface area (Å²) in [6.45, 7) is 4.02. The van der Waals surface area contributed by atoms with E-state index in [2.05, 4.69) is 27.2 Å². The topological polar surface area (TPSA) is 86.9 Å². The second-order valence-electron chi connectivity index (χ2n) is 9.36. The third-order valence-corrected chi connectivity index (χ3v) is 6.92. The van der Waals surface area contributed by atoms with Crippen LogP contribution in [0.3, 0.4) is 0 Å². The Kier molecular flexibility index (Phi) is 5.99. The SMILES string of the molecule is C=C1CCC(C(=O)Nc2ccc3nc(-c4ccc(C(=O)NC5CCCC5)cc4)[nH]c3c2)CC1. The molecule has 5 rings (SSSR count). The maximum atomic E-state index is 12.6. The molecule has 2 aromatic carbocycles. The van der Waals surface area contributed by atoms with E-state index in [0.29, 0.717) is 11.6 Å². The highest BCUT2D eigenvalue weighted by molar-refractivity contribution is 5.96. The molecule has 0 aliphatic heterocycles. The number of allylic oxidation sites excluding steroid dienone is 1. The van der Waals surface area contributed by atoms with Gasteiger partial charge in [-0.3, -0.25) is 9.59 Å². The van der Waals surface area contributed by atoms with E-state index in [1.165, 1.54) is 18.4 Å². The third kappa shape index (κ3) is 4.85. The van der Waals surface area contributed by atoms with Crippen molar-refractivity contribution in [3.63, 3.8) is 0 Å². The molecule has 0 unspecified atom stereocenters. The Hall–Kier alpha value is -3.41. The zero-order valence-electron chi connectivity index (χ0n) is 18.8. The first-order valence-corrected chi connectivity index (χ1v) is 11.9. The van der Waals surface area contributed by atoms with Crippen molar-refractivity contribution in [2.75, 3.05) is 5.32 Å². The molecule has 0 radical (unpaired) electrons. The molecule has 0 bridgehead atoms. The number of amides is 2. The predicted octanol–water partition coefficient (Wildman–Crippen LogP) is 5.59. The molecular formula is C27H30N4O2. The molecular weight excluding hydrogens is 412 g/mol. The van der Waals surface area contributed by atoms with Crippen LogP contribution in [0.5, 0.6) is 0 Å². The molecule has 3 aromatic rings. The Balaban J connectivity index is 1.27. The van der Waals surface area contributed by atoms with Gasteiger partial charge in [0.2, 0.25) is 5.91 Å². The van der Waals surface area contributed by atoms with Crippen LogP contribution in [0, 0.1) is 5.92 Å². The number of nitrogens with one attached hydrogen (secondary N) is 3. The molecule has 2 aliphatic carbocycles. The summed E-state index contributed by atoms with van der Waals surface area (Å²) in [5.41, 5.74) is 5.29. The number of H-pyrrole nitrogens is 1. The van der Waals surface area contributed by atoms with Crippen LogP contribution in [-0.2, 0) is 4.79 Å². The number of benzene rings is 2. The summed E-state index contributed by atoms with van der Waals surface area (Å²) >= 11 is 0. The zero-order chi connectivity index (χ0) is 22.8. The minimum absolute atomic E-state index is 0.0132. The summed E-state index contributed by atoms with van der Waals surface area (Å²) in [7, 11) is 0. The minimum Gasteiger partial charge on any atom is -0.349 e. The van der Waals surface area contributed by atoms with Gasteiger partial charge in [-0.2, -0.15) is 0 Å². The monoisotopic (exact) mass is 442 g/mol. The standard InChI is InChI=1S/C27H30N4O2/c1-17-6-8-19(9-7-17)27(33)29-22-14-15-23-24(16-22)31-25(30-23)18-10-12-20(13-11-18)26(32)28-21-4-2-3-5-21/h10-16,19,21H,1-9H2,(H,28,32)(H,29,33)(H,30,31). The molecule has 0 saturated heterocycles. The first kappa shape index (κ1) is 21.4. The summed E-state index contributed by atoms with van der Waals surface area (Å²) < 4.78 is 0. The quantitative estimate of drug-likeness (QED) is 0.450. The second kappa shape index (κ2) is 9.22. The van der Waals surface area contributed by atoms with Gasteiger partial charge in [0, 0.05) is 28.8 Å². The van der Waals surface area contributed by atoms with Crippen LogP contribution in [0.4, 0.5) is 5.69 Å². The summed E-state index contributed by atoms with van der Waals surface area (Å²) in [6.07, 6.45) is 8.13. The van der Waals surface area contributed by atoms with Crippen LogP contribution in [0.25, 0.3) is 22.4 Å². The molecule has 1 heterocycles. The van der Waals surface area contributed by atoms with E-state index in [-0.39, 0.29) is 17.7 Å². The van der Waals surface area contributed by atoms with Crippen LogP contribution < -0.4 is 10.6 Å². The van der Waals surface area contributed by atoms with E-state index in [9.17, 15) is 9.59 Å². The van der Waals surface area contributed by atoms with E-state index in [0.717, 1.165) is 66.6 Å². The molecule has 33 heavy (non-hydrogen) atoms. The number of anilines is 1. The van der Waals surface area contributed by atoms with Gasteiger partial charge in [0.15, 0.2) is 0 Å². The molecule has 2 aliphatic rings. The van der Waals surface area contributed by atoms with Crippen molar-refractivity contribution < 1.29 is 9.59 Å². The lowest BCUT2D eigenvalue weighted by molar-refractivity contribution is -0.120. The van der Waals surface area contributed by atoms with E-state index < -0.39 is 0 Å². The van der Waals surface area contributed by atoms with Crippen LogP contribution in [0.15, 0.2) is 54.6 Å². The summed E-state index contributed by atoms with van der Waals surface area (Å²) in [5.74, 6) is 0.851. The van der Waals surface area contributed by atoms with Gasteiger partial charge in [-0.25, -0.2) is 4.98 Å². The Bertz CT molecular complexity index is 1180. The molecule has 3 N–H and O–H groups in total. The lowest BCUT2D eigenvalue weighted by atomic mass is 9.86. The molecule has 6 heteroatoms. The summed E-state index contributed by atoms with van der Waals surface area (Å²) in [5, 5.41) is 6.18. The smallest absolute Gasteiger partial charge is 0.251 e. The second-order valence-corrected chi connectivity index (χ2v) is 9.36. The highest BCUT2D eigenvalue weighted by atomic mass is 16.2. The van der Waals surface area contributed by atoms with Gasteiger partial charge in [-0.05, 0) is 68.9 Å². The lowest BCUT2D eigenvalue weighted by Gasteiger charge is -2.22. The molecule has 2 amide bonds. The fraction of sp³-hybridized carbons (Fsp3) is 0.370. The Morgan fingerprint density at radius 2 is 1.70 bits per heavy atom. The first-order chi connectivity index (χ1) is 16.0. The maximum Gasteiger partial charge on any atom is 0.251 e. The highest BCUT2D eigenvalue weighted by Crippen LogP contribution is 2.29. The summed E-state index contributed by atoms with van der Waals surface area (Å²) in [6, 6.07) is 13.6. The van der Waals surface area contributed by atoms with Crippen LogP contribution in [0.2, 0.25) is 0 Å². The van der Waals surface area contributed by atoms with Crippen molar-refractivity contribution in [1.82, 2.24) is 15.3 Å². The van der Waals surface area contributed by atoms with Gasteiger partial charge in [0.25, 0.3) is 5.91 Å². The number of carbonyl (C=O) groups excluding carboxylic acids is 2. The predicted molar refractivity (Wildman–Crippen MR) is 131 cm³/mol. The van der Waals surface area contributed by atoms with Crippen LogP contribution in [-0.4, -0.2) is 27.8 Å². The highest BCUT2D eigenvalue weighted by Gasteiger charge is 2.23.